The Hall–Kier alpha value is -2.38. The summed E-state index contributed by atoms with van der Waals surface area (Å²) in [6.45, 7) is 8.15. The number of thiophene rings is 1. The number of hydrogen-bond acceptors (Lipinski definition) is 6. The Morgan fingerprint density at radius 1 is 1.00 bits per heavy atom. The number of aryl methyl sites for hydroxylation is 2. The number of piperazine rings is 1. The van der Waals surface area contributed by atoms with Crippen molar-refractivity contribution in [1.82, 2.24) is 9.80 Å². The topological polar surface area (TPSA) is 59.1 Å². The van der Waals surface area contributed by atoms with Gasteiger partial charge in [-0.05, 0) is 37.6 Å². The molecule has 4 rings (SSSR count). The second-order valence-electron chi connectivity index (χ2n) is 7.59. The largest absolute Gasteiger partial charge is 0.454 e. The highest BCUT2D eigenvalue weighted by Gasteiger charge is 2.23. The van der Waals surface area contributed by atoms with Crippen molar-refractivity contribution in [3.63, 3.8) is 0 Å². The van der Waals surface area contributed by atoms with Gasteiger partial charge in [0.25, 0.3) is 0 Å². The Labute approximate surface area is 175 Å². The number of fused-ring (bicyclic) bond motifs is 1. The Morgan fingerprint density at radius 2 is 1.76 bits per heavy atom. The highest BCUT2D eigenvalue weighted by Crippen LogP contribution is 2.32. The van der Waals surface area contributed by atoms with Gasteiger partial charge in [0.15, 0.2) is 17.3 Å². The van der Waals surface area contributed by atoms with Crippen molar-refractivity contribution in [1.29, 1.82) is 0 Å². The van der Waals surface area contributed by atoms with E-state index in [-0.39, 0.29) is 31.3 Å². The molecule has 29 heavy (non-hydrogen) atoms. The lowest BCUT2D eigenvalue weighted by Gasteiger charge is -2.34. The van der Waals surface area contributed by atoms with Gasteiger partial charge in [-0.2, -0.15) is 0 Å². The Balaban J connectivity index is 1.23. The van der Waals surface area contributed by atoms with E-state index < -0.39 is 0 Å². The van der Waals surface area contributed by atoms with Gasteiger partial charge in [-0.15, -0.1) is 11.3 Å². The Morgan fingerprint density at radius 3 is 2.48 bits per heavy atom. The lowest BCUT2D eigenvalue weighted by molar-refractivity contribution is -0.132. The van der Waals surface area contributed by atoms with Crippen LogP contribution in [-0.2, 0) is 11.3 Å². The van der Waals surface area contributed by atoms with E-state index in [2.05, 4.69) is 11.0 Å². The van der Waals surface area contributed by atoms with E-state index in [4.69, 9.17) is 9.47 Å². The molecule has 0 radical (unpaired) electrons. The summed E-state index contributed by atoms with van der Waals surface area (Å²) in [5.74, 6) is 1.75. The second kappa shape index (κ2) is 8.55. The number of ether oxygens (including phenoxy) is 2. The van der Waals surface area contributed by atoms with E-state index in [1.54, 1.807) is 11.3 Å². The first kappa shape index (κ1) is 19.9. The van der Waals surface area contributed by atoms with Crippen LogP contribution >= 0.6 is 11.3 Å². The maximum Gasteiger partial charge on any atom is 0.231 e. The van der Waals surface area contributed by atoms with Crippen LogP contribution in [0.5, 0.6) is 11.5 Å². The number of carbonyl (C=O) groups excluding carboxylic acids is 2. The summed E-state index contributed by atoms with van der Waals surface area (Å²) >= 11 is 1.63. The quantitative estimate of drug-likeness (QED) is 0.678. The van der Waals surface area contributed by atoms with E-state index in [0.717, 1.165) is 46.5 Å². The average Bonchev–Trinajstić information content (AvgIpc) is 3.31. The molecular formula is C22H26N2O4S. The fourth-order valence-electron chi connectivity index (χ4n) is 3.87. The molecule has 1 aromatic carbocycles. The monoisotopic (exact) mass is 414 g/mol. The third-order valence-electron chi connectivity index (χ3n) is 5.48. The minimum absolute atomic E-state index is 0.0710. The van der Waals surface area contributed by atoms with E-state index in [0.29, 0.717) is 13.1 Å². The van der Waals surface area contributed by atoms with Crippen molar-refractivity contribution < 1.29 is 19.1 Å². The summed E-state index contributed by atoms with van der Waals surface area (Å²) in [6, 6.07) is 7.97. The normalized spacial score (nSPS) is 16.3. The summed E-state index contributed by atoms with van der Waals surface area (Å²) in [6.07, 6.45) is 0.572. The summed E-state index contributed by atoms with van der Waals surface area (Å²) in [7, 11) is 0. The summed E-state index contributed by atoms with van der Waals surface area (Å²) in [5, 5.41) is 0. The molecule has 0 spiro atoms. The smallest absolute Gasteiger partial charge is 0.231 e. The first-order chi connectivity index (χ1) is 14.0. The first-order valence-corrected chi connectivity index (χ1v) is 10.8. The van der Waals surface area contributed by atoms with Crippen LogP contribution in [0.3, 0.4) is 0 Å². The first-order valence-electron chi connectivity index (χ1n) is 9.98. The fourth-order valence-corrected chi connectivity index (χ4v) is 4.82. The number of hydrogen-bond donors (Lipinski definition) is 0. The van der Waals surface area contributed by atoms with Crippen molar-refractivity contribution in [2.24, 2.45) is 0 Å². The SMILES string of the molecule is Cc1cc(C(=O)CCC(=O)N2CCN(Cc3ccc4c(c3)OCO4)CC2)c(C)s1. The zero-order chi connectivity index (χ0) is 20.4. The summed E-state index contributed by atoms with van der Waals surface area (Å²) < 4.78 is 10.8. The third kappa shape index (κ3) is 4.62. The zero-order valence-electron chi connectivity index (χ0n) is 16.9. The van der Waals surface area contributed by atoms with Crippen molar-refractivity contribution in [2.75, 3.05) is 33.0 Å². The van der Waals surface area contributed by atoms with Crippen LogP contribution in [0, 0.1) is 13.8 Å². The van der Waals surface area contributed by atoms with Crippen LogP contribution in [-0.4, -0.2) is 54.5 Å². The van der Waals surface area contributed by atoms with Crippen molar-refractivity contribution in [3.05, 3.63) is 45.1 Å². The highest BCUT2D eigenvalue weighted by atomic mass is 32.1. The molecule has 1 saturated heterocycles. The van der Waals surface area contributed by atoms with E-state index in [9.17, 15) is 9.59 Å². The van der Waals surface area contributed by atoms with Gasteiger partial charge in [-0.25, -0.2) is 0 Å². The van der Waals surface area contributed by atoms with Gasteiger partial charge in [0.1, 0.15) is 0 Å². The molecular weight excluding hydrogens is 388 g/mol. The number of nitrogens with zero attached hydrogens (tertiary/aromatic N) is 2. The Kier molecular flexibility index (Phi) is 5.87. The number of Topliss-reactive ketones (excluding diaryl/α,β-unsaturated/α-hetero) is 1. The molecule has 1 aromatic heterocycles. The Bertz CT molecular complexity index is 916. The van der Waals surface area contributed by atoms with Gasteiger partial charge >= 0.3 is 0 Å². The molecule has 0 aliphatic carbocycles. The molecule has 0 saturated carbocycles. The highest BCUT2D eigenvalue weighted by molar-refractivity contribution is 7.12. The van der Waals surface area contributed by atoms with Gasteiger partial charge < -0.3 is 14.4 Å². The fraction of sp³-hybridized carbons (Fsp3) is 0.455. The van der Waals surface area contributed by atoms with Crippen LogP contribution in [0.4, 0.5) is 0 Å². The molecule has 0 bridgehead atoms. The minimum atomic E-state index is 0.0710. The molecule has 1 amide bonds. The van der Waals surface area contributed by atoms with Crippen molar-refractivity contribution in [2.45, 2.75) is 33.2 Å². The number of rotatable bonds is 6. The number of ketones is 1. The molecule has 0 atom stereocenters. The zero-order valence-corrected chi connectivity index (χ0v) is 17.7. The number of amides is 1. The van der Waals surface area contributed by atoms with Crippen LogP contribution in [0.2, 0.25) is 0 Å². The van der Waals surface area contributed by atoms with Gasteiger partial charge in [-0.1, -0.05) is 6.07 Å². The molecule has 1 fully saturated rings. The van der Waals surface area contributed by atoms with Crippen LogP contribution < -0.4 is 9.47 Å². The van der Waals surface area contributed by atoms with Crippen LogP contribution in [0.1, 0.15) is 38.5 Å². The van der Waals surface area contributed by atoms with E-state index in [1.807, 2.05) is 36.9 Å². The maximum absolute atomic E-state index is 12.5. The average molecular weight is 415 g/mol. The third-order valence-corrected chi connectivity index (χ3v) is 6.44. The lowest BCUT2D eigenvalue weighted by Crippen LogP contribution is -2.48. The minimum Gasteiger partial charge on any atom is -0.454 e. The van der Waals surface area contributed by atoms with Gasteiger partial charge in [0.05, 0.1) is 0 Å². The molecule has 2 aliphatic heterocycles. The molecule has 3 heterocycles. The van der Waals surface area contributed by atoms with Gasteiger partial charge in [0, 0.05) is 60.9 Å². The summed E-state index contributed by atoms with van der Waals surface area (Å²) in [5.41, 5.74) is 1.95. The molecule has 0 unspecified atom stereocenters. The second-order valence-corrected chi connectivity index (χ2v) is 9.06. The summed E-state index contributed by atoms with van der Waals surface area (Å²) in [4.78, 5) is 31.4. The molecule has 7 heteroatoms. The number of benzene rings is 1. The van der Waals surface area contributed by atoms with Gasteiger partial charge in [0.2, 0.25) is 12.7 Å². The van der Waals surface area contributed by atoms with Crippen molar-refractivity contribution >= 4 is 23.0 Å². The van der Waals surface area contributed by atoms with Crippen LogP contribution in [0.15, 0.2) is 24.3 Å². The van der Waals surface area contributed by atoms with Crippen LogP contribution in [0.25, 0.3) is 0 Å². The van der Waals surface area contributed by atoms with E-state index >= 15 is 0 Å². The van der Waals surface area contributed by atoms with Gasteiger partial charge in [-0.3, -0.25) is 14.5 Å². The molecule has 6 nitrogen and oxygen atoms in total. The maximum atomic E-state index is 12.5. The molecule has 2 aliphatic rings. The number of carbonyl (C=O) groups is 2. The molecule has 154 valence electrons. The van der Waals surface area contributed by atoms with Crippen molar-refractivity contribution in [3.8, 4) is 11.5 Å². The van der Waals surface area contributed by atoms with E-state index in [1.165, 1.54) is 5.56 Å². The molecule has 2 aromatic rings. The lowest BCUT2D eigenvalue weighted by atomic mass is 10.1. The predicted molar refractivity (Wildman–Crippen MR) is 112 cm³/mol. The molecule has 0 N–H and O–H groups in total. The standard InChI is InChI=1S/C22H26N2O4S/c1-15-11-18(16(2)29-15)19(25)4-6-22(26)24-9-7-23(8-10-24)13-17-3-5-20-21(12-17)28-14-27-20/h3,5,11-12H,4,6-10,13-14H2,1-2H3. The predicted octanol–water partition coefficient (Wildman–Crippen LogP) is 3.40.